The summed E-state index contributed by atoms with van der Waals surface area (Å²) in [6.07, 6.45) is 0. The summed E-state index contributed by atoms with van der Waals surface area (Å²) in [5.41, 5.74) is 2.40. The molecule has 0 bridgehead atoms. The average Bonchev–Trinajstić information content (AvgIpc) is 2.77. The normalized spacial score (nSPS) is 10.7. The number of hydrogen-bond acceptors (Lipinski definition) is 2. The van der Waals surface area contributed by atoms with Crippen LogP contribution in [0.1, 0.15) is 5.69 Å². The number of thiophene rings is 1. The smallest absolute Gasteiger partial charge is 0.0610 e. The van der Waals surface area contributed by atoms with Gasteiger partial charge in [-0.25, -0.2) is 0 Å². The van der Waals surface area contributed by atoms with E-state index in [1.54, 1.807) is 11.3 Å². The molecule has 0 aliphatic heterocycles. The molecule has 0 aliphatic carbocycles. The Morgan fingerprint density at radius 1 is 1.36 bits per heavy atom. The minimum Gasteiger partial charge on any atom is -0.395 e. The summed E-state index contributed by atoms with van der Waals surface area (Å²) in [5.74, 6) is 0. The Balaban J connectivity index is 2.43. The van der Waals surface area contributed by atoms with Crippen molar-refractivity contribution >= 4 is 11.3 Å². The van der Waals surface area contributed by atoms with Crippen LogP contribution in [-0.4, -0.2) is 16.3 Å². The molecule has 0 radical (unpaired) electrons. The molecule has 2 rings (SSSR count). The van der Waals surface area contributed by atoms with E-state index in [2.05, 4.69) is 35.1 Å². The second-order valence-electron chi connectivity index (χ2n) is 3.21. The maximum absolute atomic E-state index is 8.97. The molecule has 74 valence electrons. The lowest BCUT2D eigenvalue weighted by atomic mass is 10.3. The van der Waals surface area contributed by atoms with Gasteiger partial charge in [0.15, 0.2) is 0 Å². The van der Waals surface area contributed by atoms with Crippen molar-refractivity contribution in [3.05, 3.63) is 35.3 Å². The van der Waals surface area contributed by atoms with Gasteiger partial charge >= 0.3 is 0 Å². The topological polar surface area (TPSA) is 25.2 Å². The molecule has 0 amide bonds. The van der Waals surface area contributed by atoms with Crippen molar-refractivity contribution in [3.63, 3.8) is 0 Å². The maximum Gasteiger partial charge on any atom is 0.0610 e. The standard InChI is InChI=1S/C11H13NOS/c1-9-4-5-10(12(9)6-7-13)11-3-2-8-14-11/h2-5,8,13H,6-7H2,1H3. The lowest BCUT2D eigenvalue weighted by Gasteiger charge is -2.08. The second-order valence-corrected chi connectivity index (χ2v) is 4.16. The number of nitrogens with zero attached hydrogens (tertiary/aromatic N) is 1. The first-order valence-corrected chi connectivity index (χ1v) is 5.52. The van der Waals surface area contributed by atoms with Crippen LogP contribution >= 0.6 is 11.3 Å². The summed E-state index contributed by atoms with van der Waals surface area (Å²) < 4.78 is 2.14. The molecule has 0 unspecified atom stereocenters. The van der Waals surface area contributed by atoms with Gasteiger partial charge in [-0.2, -0.15) is 0 Å². The summed E-state index contributed by atoms with van der Waals surface area (Å²) in [7, 11) is 0. The third-order valence-electron chi connectivity index (χ3n) is 2.30. The van der Waals surface area contributed by atoms with E-state index in [-0.39, 0.29) is 6.61 Å². The van der Waals surface area contributed by atoms with Crippen LogP contribution in [-0.2, 0) is 6.54 Å². The molecule has 2 aromatic rings. The maximum atomic E-state index is 8.97. The molecule has 2 heterocycles. The van der Waals surface area contributed by atoms with Gasteiger partial charge in [-0.05, 0) is 30.5 Å². The molecule has 2 aromatic heterocycles. The monoisotopic (exact) mass is 207 g/mol. The van der Waals surface area contributed by atoms with Crippen LogP contribution in [0.5, 0.6) is 0 Å². The van der Waals surface area contributed by atoms with E-state index in [1.807, 2.05) is 6.07 Å². The van der Waals surface area contributed by atoms with Gasteiger partial charge in [0.1, 0.15) is 0 Å². The SMILES string of the molecule is Cc1ccc(-c2cccs2)n1CCO. The number of aromatic nitrogens is 1. The van der Waals surface area contributed by atoms with Crippen LogP contribution in [0.2, 0.25) is 0 Å². The van der Waals surface area contributed by atoms with Crippen LogP contribution in [0.4, 0.5) is 0 Å². The Kier molecular flexibility index (Phi) is 2.70. The third-order valence-corrected chi connectivity index (χ3v) is 3.19. The molecule has 0 saturated heterocycles. The zero-order valence-corrected chi connectivity index (χ0v) is 8.92. The fourth-order valence-corrected chi connectivity index (χ4v) is 2.37. The summed E-state index contributed by atoms with van der Waals surface area (Å²) in [6.45, 7) is 2.92. The predicted octanol–water partition coefficient (Wildman–Crippen LogP) is 2.52. The molecule has 0 spiro atoms. The highest BCUT2D eigenvalue weighted by molar-refractivity contribution is 7.13. The highest BCUT2D eigenvalue weighted by Gasteiger charge is 2.06. The first-order valence-electron chi connectivity index (χ1n) is 4.64. The van der Waals surface area contributed by atoms with Crippen LogP contribution < -0.4 is 0 Å². The molecular formula is C11H13NOS. The van der Waals surface area contributed by atoms with Crippen LogP contribution in [0.3, 0.4) is 0 Å². The highest BCUT2D eigenvalue weighted by Crippen LogP contribution is 2.26. The van der Waals surface area contributed by atoms with E-state index in [0.717, 1.165) is 0 Å². The Hall–Kier alpha value is -1.06. The van der Waals surface area contributed by atoms with Gasteiger partial charge in [0.05, 0.1) is 17.2 Å². The lowest BCUT2D eigenvalue weighted by Crippen LogP contribution is -2.04. The van der Waals surface area contributed by atoms with Crippen molar-refractivity contribution in [1.29, 1.82) is 0 Å². The first kappa shape index (κ1) is 9.49. The molecule has 0 aromatic carbocycles. The highest BCUT2D eigenvalue weighted by atomic mass is 32.1. The van der Waals surface area contributed by atoms with E-state index >= 15 is 0 Å². The van der Waals surface area contributed by atoms with E-state index in [0.29, 0.717) is 6.54 Å². The molecule has 0 atom stereocenters. The van der Waals surface area contributed by atoms with Crippen molar-refractivity contribution in [2.24, 2.45) is 0 Å². The van der Waals surface area contributed by atoms with Crippen molar-refractivity contribution in [2.75, 3.05) is 6.61 Å². The fourth-order valence-electron chi connectivity index (χ4n) is 1.61. The molecular weight excluding hydrogens is 194 g/mol. The summed E-state index contributed by atoms with van der Waals surface area (Å²) in [5, 5.41) is 11.0. The van der Waals surface area contributed by atoms with Crippen LogP contribution in [0.15, 0.2) is 29.6 Å². The van der Waals surface area contributed by atoms with Crippen molar-refractivity contribution < 1.29 is 5.11 Å². The van der Waals surface area contributed by atoms with Gasteiger partial charge in [0.25, 0.3) is 0 Å². The molecule has 0 fully saturated rings. The number of hydrogen-bond donors (Lipinski definition) is 1. The molecule has 2 nitrogen and oxygen atoms in total. The Morgan fingerprint density at radius 3 is 2.86 bits per heavy atom. The fraction of sp³-hybridized carbons (Fsp3) is 0.273. The molecule has 1 N–H and O–H groups in total. The minimum absolute atomic E-state index is 0.188. The number of rotatable bonds is 3. The summed E-state index contributed by atoms with van der Waals surface area (Å²) in [6, 6.07) is 8.35. The first-order chi connectivity index (χ1) is 6.83. The van der Waals surface area contributed by atoms with E-state index < -0.39 is 0 Å². The van der Waals surface area contributed by atoms with Crippen LogP contribution in [0, 0.1) is 6.92 Å². The Morgan fingerprint density at radius 2 is 2.21 bits per heavy atom. The largest absolute Gasteiger partial charge is 0.395 e. The van der Waals surface area contributed by atoms with Gasteiger partial charge < -0.3 is 9.67 Å². The van der Waals surface area contributed by atoms with Crippen LogP contribution in [0.25, 0.3) is 10.6 Å². The summed E-state index contributed by atoms with van der Waals surface area (Å²) >= 11 is 1.73. The Bertz CT molecular complexity index is 403. The quantitative estimate of drug-likeness (QED) is 0.822. The van der Waals surface area contributed by atoms with Gasteiger partial charge in [-0.1, -0.05) is 6.07 Å². The summed E-state index contributed by atoms with van der Waals surface area (Å²) in [4.78, 5) is 1.26. The molecule has 0 aliphatic rings. The molecule has 0 saturated carbocycles. The number of aryl methyl sites for hydroxylation is 1. The van der Waals surface area contributed by atoms with Gasteiger partial charge in [0.2, 0.25) is 0 Å². The van der Waals surface area contributed by atoms with Gasteiger partial charge in [-0.15, -0.1) is 11.3 Å². The number of aliphatic hydroxyl groups is 1. The van der Waals surface area contributed by atoms with E-state index in [9.17, 15) is 0 Å². The minimum atomic E-state index is 0.188. The van der Waals surface area contributed by atoms with Crippen molar-refractivity contribution in [1.82, 2.24) is 4.57 Å². The lowest BCUT2D eigenvalue weighted by molar-refractivity contribution is 0.276. The zero-order valence-electron chi connectivity index (χ0n) is 8.10. The van der Waals surface area contributed by atoms with Crippen molar-refractivity contribution in [2.45, 2.75) is 13.5 Å². The number of aliphatic hydroxyl groups excluding tert-OH is 1. The Labute approximate surface area is 87.4 Å². The van der Waals surface area contributed by atoms with E-state index in [1.165, 1.54) is 16.3 Å². The third kappa shape index (κ3) is 1.61. The predicted molar refractivity (Wildman–Crippen MR) is 59.6 cm³/mol. The molecule has 3 heteroatoms. The average molecular weight is 207 g/mol. The zero-order chi connectivity index (χ0) is 9.97. The second kappa shape index (κ2) is 3.98. The van der Waals surface area contributed by atoms with Gasteiger partial charge in [0, 0.05) is 12.2 Å². The molecule has 14 heavy (non-hydrogen) atoms. The van der Waals surface area contributed by atoms with Crippen molar-refractivity contribution in [3.8, 4) is 10.6 Å². The van der Waals surface area contributed by atoms with Gasteiger partial charge in [-0.3, -0.25) is 0 Å². The van der Waals surface area contributed by atoms with E-state index in [4.69, 9.17) is 5.11 Å².